The fourth-order valence-electron chi connectivity index (χ4n) is 6.25. The number of aromatic nitrogens is 6. The fraction of sp³-hybridized carbons (Fsp3) is 0.0816. The molecule has 9 rings (SSSR count). The highest BCUT2D eigenvalue weighted by Crippen LogP contribution is 2.33. The van der Waals surface area contributed by atoms with Crippen molar-refractivity contribution in [2.45, 2.75) is 25.3 Å². The Kier molecular flexibility index (Phi) is 17.9. The molecule has 6 aromatic carbocycles. The summed E-state index contributed by atoms with van der Waals surface area (Å²) in [6.07, 6.45) is -19.2. The molecule has 0 aliphatic carbocycles. The Morgan fingerprint density at radius 2 is 0.741 bits per heavy atom. The van der Waals surface area contributed by atoms with Crippen LogP contribution < -0.4 is 30.2 Å². The maximum absolute atomic E-state index is 13.2. The lowest BCUT2D eigenvalue weighted by molar-refractivity contribution is -0.275. The summed E-state index contributed by atoms with van der Waals surface area (Å²) in [4.78, 5) is 36.4. The molecule has 0 bridgehead atoms. The monoisotopic (exact) mass is 1170 g/mol. The van der Waals surface area contributed by atoms with E-state index in [-0.39, 0.29) is 52.0 Å². The van der Waals surface area contributed by atoms with Crippen LogP contribution in [0.1, 0.15) is 36.6 Å². The van der Waals surface area contributed by atoms with Gasteiger partial charge in [-0.3, -0.25) is 30.3 Å². The van der Waals surface area contributed by atoms with E-state index >= 15 is 0 Å². The molecule has 420 valence electrons. The Hall–Kier alpha value is -10.1. The number of alkyl halides is 12. The summed E-state index contributed by atoms with van der Waals surface area (Å²) >= 11 is 5.87. The van der Waals surface area contributed by atoms with Crippen LogP contribution in [0.25, 0.3) is 34.4 Å². The molecule has 18 nitrogen and oxygen atoms in total. The van der Waals surface area contributed by atoms with Gasteiger partial charge in [-0.1, -0.05) is 63.3 Å². The number of ether oxygens (including phenoxy) is 3. The molecular weight excluding hydrogens is 1140 g/mol. The number of amides is 3. The summed E-state index contributed by atoms with van der Waals surface area (Å²) in [6.45, 7) is 0. The van der Waals surface area contributed by atoms with Crippen molar-refractivity contribution in [2.75, 3.05) is 16.0 Å². The SMILES string of the molecule is O=C(Nc1nnc(-c2cccc(C(F)(F)F)c2)o1)c1cccc(OC(F)(F)F)c1.O=C(Nc1nnc(-c2cccc(Cl)c2)o1)c1cccc(OC(F)(F)F)c1.O=C(Nc1nnc(-c2cccc(F)c2)o1)c1cccc(OC(F)(F)F)c1. The second-order valence-corrected chi connectivity index (χ2v) is 15.9. The first-order valence-corrected chi connectivity index (χ1v) is 22.2. The molecule has 3 heterocycles. The van der Waals surface area contributed by atoms with E-state index in [1.165, 1.54) is 54.6 Å². The second kappa shape index (κ2) is 24.7. The van der Waals surface area contributed by atoms with Crippen LogP contribution >= 0.6 is 11.6 Å². The van der Waals surface area contributed by atoms with Crippen molar-refractivity contribution in [1.82, 2.24) is 30.6 Å². The first kappa shape index (κ1) is 58.6. The predicted molar refractivity (Wildman–Crippen MR) is 252 cm³/mol. The van der Waals surface area contributed by atoms with Crippen LogP contribution in [0.2, 0.25) is 5.02 Å². The Morgan fingerprint density at radius 3 is 1.09 bits per heavy atom. The number of benzene rings is 6. The number of halogens is 14. The van der Waals surface area contributed by atoms with Gasteiger partial charge in [0.2, 0.25) is 17.7 Å². The average molecular weight is 1170 g/mol. The molecule has 0 aliphatic rings. The number of anilines is 3. The summed E-state index contributed by atoms with van der Waals surface area (Å²) in [7, 11) is 0. The zero-order valence-electron chi connectivity index (χ0n) is 39.5. The Morgan fingerprint density at radius 1 is 0.407 bits per heavy atom. The molecule has 81 heavy (non-hydrogen) atoms. The van der Waals surface area contributed by atoms with Crippen LogP contribution in [-0.2, 0) is 6.18 Å². The molecule has 3 amide bonds. The van der Waals surface area contributed by atoms with Crippen LogP contribution in [0, 0.1) is 5.82 Å². The molecule has 3 aromatic heterocycles. The van der Waals surface area contributed by atoms with Crippen LogP contribution in [-0.4, -0.2) is 67.4 Å². The van der Waals surface area contributed by atoms with Crippen molar-refractivity contribution >= 4 is 47.4 Å². The minimum atomic E-state index is -4.93. The van der Waals surface area contributed by atoms with Gasteiger partial charge < -0.3 is 27.5 Å². The quantitative estimate of drug-likeness (QED) is 0.0966. The molecule has 0 saturated carbocycles. The third-order valence-electron chi connectivity index (χ3n) is 9.51. The van der Waals surface area contributed by atoms with E-state index in [0.29, 0.717) is 16.1 Å². The van der Waals surface area contributed by atoms with Gasteiger partial charge in [0.1, 0.15) is 23.1 Å². The van der Waals surface area contributed by atoms with E-state index in [9.17, 15) is 71.5 Å². The average Bonchev–Trinajstić information content (AvgIpc) is 4.35. The van der Waals surface area contributed by atoms with E-state index in [4.69, 9.17) is 24.9 Å². The van der Waals surface area contributed by atoms with Crippen molar-refractivity contribution in [3.05, 3.63) is 179 Å². The Balaban J connectivity index is 0.000000176. The number of hydrogen-bond donors (Lipinski definition) is 3. The highest BCUT2D eigenvalue weighted by Gasteiger charge is 2.34. The molecule has 32 heteroatoms. The highest BCUT2D eigenvalue weighted by molar-refractivity contribution is 6.30. The van der Waals surface area contributed by atoms with E-state index in [0.717, 1.165) is 66.7 Å². The zero-order chi connectivity index (χ0) is 58.7. The van der Waals surface area contributed by atoms with Gasteiger partial charge in [0.25, 0.3) is 17.7 Å². The molecule has 0 radical (unpaired) electrons. The van der Waals surface area contributed by atoms with Gasteiger partial charge >= 0.3 is 43.3 Å². The summed E-state index contributed by atoms with van der Waals surface area (Å²) < 4.78 is 189. The minimum Gasteiger partial charge on any atom is -0.406 e. The first-order chi connectivity index (χ1) is 38.1. The third kappa shape index (κ3) is 18.0. The normalized spacial score (nSPS) is 11.5. The van der Waals surface area contributed by atoms with Crippen LogP contribution in [0.5, 0.6) is 17.2 Å². The number of nitrogens with zero attached hydrogens (tertiary/aromatic N) is 6. The second-order valence-electron chi connectivity index (χ2n) is 15.4. The zero-order valence-corrected chi connectivity index (χ0v) is 40.3. The molecular formula is C49H27ClF13N9O9. The topological polar surface area (TPSA) is 232 Å². The molecule has 9 aromatic rings. The van der Waals surface area contributed by atoms with Gasteiger partial charge in [0, 0.05) is 38.4 Å². The Labute approximate surface area is 447 Å². The van der Waals surface area contributed by atoms with Gasteiger partial charge in [-0.25, -0.2) is 4.39 Å². The maximum Gasteiger partial charge on any atom is 0.573 e. The maximum atomic E-state index is 13.2. The van der Waals surface area contributed by atoms with Crippen molar-refractivity contribution < 1.29 is 98.9 Å². The molecule has 0 fully saturated rings. The van der Waals surface area contributed by atoms with E-state index in [1.807, 2.05) is 0 Å². The van der Waals surface area contributed by atoms with Gasteiger partial charge in [0.05, 0.1) is 5.56 Å². The standard InChI is InChI=1S/C17H9F6N3O3.C16H9ClF3N3O3.C16H9F4N3O3/c18-16(19,20)11-5-1-4-10(7-11)14-25-26-15(28-14)24-13(27)9-3-2-6-12(8-9)29-17(21,22)23;2*17-11-5-1-4-10(7-11)14-22-23-15(25-14)21-13(24)9-3-2-6-12(8-9)26-16(18,19)20/h1-8H,(H,24,26,27);2*1-8H,(H,21,23,24). The summed E-state index contributed by atoms with van der Waals surface area (Å²) in [5, 5.41) is 28.9. The van der Waals surface area contributed by atoms with Gasteiger partial charge in [0.15, 0.2) is 0 Å². The van der Waals surface area contributed by atoms with Gasteiger partial charge in [-0.15, -0.1) is 54.8 Å². The third-order valence-corrected chi connectivity index (χ3v) is 9.74. The van der Waals surface area contributed by atoms with Crippen molar-refractivity contribution in [3.63, 3.8) is 0 Å². The van der Waals surface area contributed by atoms with Crippen molar-refractivity contribution in [1.29, 1.82) is 0 Å². The molecule has 0 saturated heterocycles. The largest absolute Gasteiger partial charge is 0.573 e. The molecule has 0 aliphatic heterocycles. The van der Waals surface area contributed by atoms with Crippen molar-refractivity contribution in [2.24, 2.45) is 0 Å². The lowest BCUT2D eigenvalue weighted by Crippen LogP contribution is -2.18. The summed E-state index contributed by atoms with van der Waals surface area (Å²) in [5.41, 5.74) is -0.504. The minimum absolute atomic E-state index is 0.0334. The summed E-state index contributed by atoms with van der Waals surface area (Å²) in [5.74, 6) is -4.80. The molecule has 0 spiro atoms. The molecule has 0 atom stereocenters. The Bertz CT molecular complexity index is 3510. The lowest BCUT2D eigenvalue weighted by Gasteiger charge is -2.09. The number of nitrogens with one attached hydrogen (secondary N) is 3. The highest BCUT2D eigenvalue weighted by atomic mass is 35.5. The van der Waals surface area contributed by atoms with Crippen LogP contribution in [0.3, 0.4) is 0 Å². The van der Waals surface area contributed by atoms with E-state index in [2.05, 4.69) is 60.8 Å². The van der Waals surface area contributed by atoms with E-state index < -0.39 is 77.6 Å². The predicted octanol–water partition coefficient (Wildman–Crippen LogP) is 13.5. The van der Waals surface area contributed by atoms with Crippen LogP contribution in [0.15, 0.2) is 159 Å². The fourth-order valence-corrected chi connectivity index (χ4v) is 6.44. The smallest absolute Gasteiger partial charge is 0.406 e. The van der Waals surface area contributed by atoms with Crippen molar-refractivity contribution in [3.8, 4) is 51.6 Å². The number of hydrogen-bond acceptors (Lipinski definition) is 15. The number of rotatable bonds is 12. The first-order valence-electron chi connectivity index (χ1n) is 21.8. The van der Waals surface area contributed by atoms with E-state index in [1.54, 1.807) is 24.3 Å². The lowest BCUT2D eigenvalue weighted by atomic mass is 10.1. The molecule has 3 N–H and O–H groups in total. The number of carbonyl (C=O) groups is 3. The summed E-state index contributed by atoms with van der Waals surface area (Å²) in [6, 6.07) is 28.4. The number of carbonyl (C=O) groups excluding carboxylic acids is 3. The van der Waals surface area contributed by atoms with Gasteiger partial charge in [-0.2, -0.15) is 13.2 Å². The van der Waals surface area contributed by atoms with Crippen LogP contribution in [0.4, 0.5) is 75.1 Å². The molecule has 0 unspecified atom stereocenters. The van der Waals surface area contributed by atoms with Gasteiger partial charge in [-0.05, 0) is 109 Å².